The topological polar surface area (TPSA) is 122 Å². The van der Waals surface area contributed by atoms with Crippen LogP contribution in [0.15, 0.2) is 23.1 Å². The first-order valence-electron chi connectivity index (χ1n) is 10.7. The minimum Gasteiger partial charge on any atom is -0.495 e. The molecule has 0 aliphatic carbocycles. The Morgan fingerprint density at radius 3 is 2.53 bits per heavy atom. The Kier molecular flexibility index (Phi) is 8.15. The number of benzene rings is 1. The van der Waals surface area contributed by atoms with Crippen molar-refractivity contribution in [1.29, 1.82) is 0 Å². The van der Waals surface area contributed by atoms with Crippen molar-refractivity contribution in [2.24, 2.45) is 5.92 Å². The van der Waals surface area contributed by atoms with Gasteiger partial charge in [0.1, 0.15) is 10.6 Å². The summed E-state index contributed by atoms with van der Waals surface area (Å²) in [5, 5.41) is 2.76. The molecule has 2 aliphatic rings. The van der Waals surface area contributed by atoms with Crippen molar-refractivity contribution in [2.45, 2.75) is 31.1 Å². The van der Waals surface area contributed by atoms with Crippen molar-refractivity contribution in [2.75, 3.05) is 57.6 Å². The fraction of sp³-hybridized carbons (Fsp3) is 0.650. The molecule has 2 heterocycles. The standard InChI is InChI=1S/C20H31N3O7S2/c1-3-13-31(25,26)23-8-4-5-16(15-23)20(24)21-17-6-7-18(29-2)19(14-17)32(27,28)22-9-11-30-12-10-22/h6-7,14,16H,3-5,8-13,15H2,1-2H3,(H,21,24). The molecule has 180 valence electrons. The average molecular weight is 490 g/mol. The second kappa shape index (κ2) is 10.5. The fourth-order valence-corrected chi connectivity index (χ4v) is 7.10. The monoisotopic (exact) mass is 489 g/mol. The van der Waals surface area contributed by atoms with Crippen LogP contribution in [-0.2, 0) is 29.6 Å². The molecular formula is C20H31N3O7S2. The molecule has 32 heavy (non-hydrogen) atoms. The number of nitrogens with zero attached hydrogens (tertiary/aromatic N) is 2. The minimum absolute atomic E-state index is 0.0319. The number of piperidine rings is 1. The summed E-state index contributed by atoms with van der Waals surface area (Å²) in [5.41, 5.74) is 0.316. The first kappa shape index (κ1) is 24.9. The second-order valence-corrected chi connectivity index (χ2v) is 11.9. The number of anilines is 1. The number of rotatable bonds is 8. The van der Waals surface area contributed by atoms with Gasteiger partial charge in [-0.3, -0.25) is 4.79 Å². The van der Waals surface area contributed by atoms with Crippen LogP contribution < -0.4 is 10.1 Å². The summed E-state index contributed by atoms with van der Waals surface area (Å²) in [6, 6.07) is 4.46. The number of amides is 1. The number of ether oxygens (including phenoxy) is 2. The van der Waals surface area contributed by atoms with Gasteiger partial charge >= 0.3 is 0 Å². The van der Waals surface area contributed by atoms with Crippen molar-refractivity contribution in [3.63, 3.8) is 0 Å². The van der Waals surface area contributed by atoms with Crippen LogP contribution in [0.2, 0.25) is 0 Å². The molecule has 0 radical (unpaired) electrons. The number of methoxy groups -OCH3 is 1. The molecule has 12 heteroatoms. The van der Waals surface area contributed by atoms with Gasteiger partial charge in [0, 0.05) is 31.9 Å². The van der Waals surface area contributed by atoms with E-state index in [-0.39, 0.29) is 41.9 Å². The molecule has 1 unspecified atom stereocenters. The highest BCUT2D eigenvalue weighted by Crippen LogP contribution is 2.31. The largest absolute Gasteiger partial charge is 0.495 e. The van der Waals surface area contributed by atoms with Crippen molar-refractivity contribution in [3.05, 3.63) is 18.2 Å². The number of hydrogen-bond donors (Lipinski definition) is 1. The average Bonchev–Trinajstić information content (AvgIpc) is 2.79. The molecule has 1 atom stereocenters. The lowest BCUT2D eigenvalue weighted by molar-refractivity contribution is -0.120. The van der Waals surface area contributed by atoms with E-state index in [1.165, 1.54) is 27.9 Å². The molecule has 0 aromatic heterocycles. The minimum atomic E-state index is -3.83. The van der Waals surface area contributed by atoms with Crippen LogP contribution in [0.5, 0.6) is 5.75 Å². The maximum atomic E-state index is 13.1. The molecule has 0 spiro atoms. The highest BCUT2D eigenvalue weighted by atomic mass is 32.2. The third-order valence-electron chi connectivity index (χ3n) is 5.63. The summed E-state index contributed by atoms with van der Waals surface area (Å²) in [7, 11) is -5.82. The van der Waals surface area contributed by atoms with Crippen LogP contribution >= 0.6 is 0 Å². The highest BCUT2D eigenvalue weighted by Gasteiger charge is 2.33. The molecule has 2 fully saturated rings. The summed E-state index contributed by atoms with van der Waals surface area (Å²) in [6.45, 7) is 3.46. The molecule has 1 N–H and O–H groups in total. The number of sulfonamides is 2. The van der Waals surface area contributed by atoms with Gasteiger partial charge in [-0.25, -0.2) is 21.1 Å². The van der Waals surface area contributed by atoms with Gasteiger partial charge < -0.3 is 14.8 Å². The molecule has 10 nitrogen and oxygen atoms in total. The van der Waals surface area contributed by atoms with Crippen LogP contribution in [0, 0.1) is 5.92 Å². The molecule has 1 amide bonds. The van der Waals surface area contributed by atoms with E-state index >= 15 is 0 Å². The van der Waals surface area contributed by atoms with Gasteiger partial charge in [0.15, 0.2) is 0 Å². The van der Waals surface area contributed by atoms with Crippen molar-refractivity contribution in [1.82, 2.24) is 8.61 Å². The zero-order chi connectivity index (χ0) is 23.4. The molecule has 2 saturated heterocycles. The predicted molar refractivity (Wildman–Crippen MR) is 120 cm³/mol. The molecule has 0 saturated carbocycles. The first-order valence-corrected chi connectivity index (χ1v) is 13.8. The number of carbonyl (C=O) groups excluding carboxylic acids is 1. The smallest absolute Gasteiger partial charge is 0.246 e. The SMILES string of the molecule is CCCS(=O)(=O)N1CCCC(C(=O)Nc2ccc(OC)c(S(=O)(=O)N3CCOCC3)c2)C1. The van der Waals surface area contributed by atoms with E-state index in [0.717, 1.165) is 0 Å². The third kappa shape index (κ3) is 5.60. The van der Waals surface area contributed by atoms with Gasteiger partial charge in [-0.1, -0.05) is 6.92 Å². The van der Waals surface area contributed by atoms with Crippen molar-refractivity contribution >= 4 is 31.6 Å². The summed E-state index contributed by atoms with van der Waals surface area (Å²) in [4.78, 5) is 12.8. The van der Waals surface area contributed by atoms with E-state index in [4.69, 9.17) is 9.47 Å². The number of morpholine rings is 1. The second-order valence-electron chi connectivity index (χ2n) is 7.88. The van der Waals surface area contributed by atoms with E-state index in [1.54, 1.807) is 13.0 Å². The maximum absolute atomic E-state index is 13.1. The Bertz CT molecular complexity index is 1020. The van der Waals surface area contributed by atoms with E-state index in [1.807, 2.05) is 0 Å². The van der Waals surface area contributed by atoms with E-state index < -0.39 is 26.0 Å². The molecule has 3 rings (SSSR count). The molecule has 1 aromatic carbocycles. The normalized spacial score (nSPS) is 21.2. The van der Waals surface area contributed by atoms with E-state index in [9.17, 15) is 21.6 Å². The zero-order valence-corrected chi connectivity index (χ0v) is 20.1. The molecular weight excluding hydrogens is 458 g/mol. The summed E-state index contributed by atoms with van der Waals surface area (Å²) in [6.07, 6.45) is 1.68. The van der Waals surface area contributed by atoms with Gasteiger partial charge in [0.25, 0.3) is 0 Å². The quantitative estimate of drug-likeness (QED) is 0.580. The summed E-state index contributed by atoms with van der Waals surface area (Å²) < 4.78 is 64.2. The van der Waals surface area contributed by atoms with Gasteiger partial charge in [0.05, 0.1) is 32.0 Å². The highest BCUT2D eigenvalue weighted by molar-refractivity contribution is 7.89. The lowest BCUT2D eigenvalue weighted by Crippen LogP contribution is -2.44. The molecule has 2 aliphatic heterocycles. The number of nitrogens with one attached hydrogen (secondary N) is 1. The fourth-order valence-electron chi connectivity index (χ4n) is 3.92. The Morgan fingerprint density at radius 2 is 1.88 bits per heavy atom. The number of hydrogen-bond acceptors (Lipinski definition) is 7. The maximum Gasteiger partial charge on any atom is 0.246 e. The van der Waals surface area contributed by atoms with E-state index in [0.29, 0.717) is 44.7 Å². The lowest BCUT2D eigenvalue weighted by Gasteiger charge is -2.31. The van der Waals surface area contributed by atoms with E-state index in [2.05, 4.69) is 5.32 Å². The van der Waals surface area contributed by atoms with Crippen LogP contribution in [0.4, 0.5) is 5.69 Å². The zero-order valence-electron chi connectivity index (χ0n) is 18.4. The predicted octanol–water partition coefficient (Wildman–Crippen LogP) is 1.11. The Balaban J connectivity index is 1.77. The van der Waals surface area contributed by atoms with Gasteiger partial charge in [-0.2, -0.15) is 4.31 Å². The first-order chi connectivity index (χ1) is 15.2. The van der Waals surface area contributed by atoms with Crippen LogP contribution in [-0.4, -0.2) is 83.6 Å². The Hall–Kier alpha value is -1.73. The summed E-state index contributed by atoms with van der Waals surface area (Å²) in [5.74, 6) is -0.593. The number of carbonyl (C=O) groups is 1. The van der Waals surface area contributed by atoms with Gasteiger partial charge in [-0.15, -0.1) is 0 Å². The molecule has 0 bridgehead atoms. The van der Waals surface area contributed by atoms with Gasteiger partial charge in [-0.05, 0) is 37.5 Å². The Morgan fingerprint density at radius 1 is 1.16 bits per heavy atom. The lowest BCUT2D eigenvalue weighted by atomic mass is 9.98. The van der Waals surface area contributed by atoms with Crippen LogP contribution in [0.25, 0.3) is 0 Å². The van der Waals surface area contributed by atoms with Crippen LogP contribution in [0.3, 0.4) is 0 Å². The van der Waals surface area contributed by atoms with Crippen molar-refractivity contribution < 1.29 is 31.1 Å². The van der Waals surface area contributed by atoms with Gasteiger partial charge in [0.2, 0.25) is 26.0 Å². The molecule has 1 aromatic rings. The summed E-state index contributed by atoms with van der Waals surface area (Å²) >= 11 is 0. The van der Waals surface area contributed by atoms with Crippen molar-refractivity contribution in [3.8, 4) is 5.75 Å². The van der Waals surface area contributed by atoms with Crippen LogP contribution in [0.1, 0.15) is 26.2 Å². The third-order valence-corrected chi connectivity index (χ3v) is 9.59. The Labute approximate surface area is 190 Å².